The molecule has 0 aliphatic carbocycles. The number of isocyanates is 1. The molecule has 6 heteroatoms. The van der Waals surface area contributed by atoms with Crippen LogP contribution >= 0.6 is 0 Å². The van der Waals surface area contributed by atoms with Gasteiger partial charge in [0.25, 0.3) is 0 Å². The van der Waals surface area contributed by atoms with E-state index in [-0.39, 0.29) is 24.4 Å². The Morgan fingerprint density at radius 2 is 1.50 bits per heavy atom. The van der Waals surface area contributed by atoms with Gasteiger partial charge in [0.2, 0.25) is 6.08 Å². The standard InChI is InChI=1S/C14H19NO5/c1-6-14(15-9-16,7-19-12(17)10(2)3)8-20-13(18)11(4)5/h2,4,6-8H2,1,3,5H3. The molecule has 0 aliphatic rings. The fourth-order valence-electron chi connectivity index (χ4n) is 1.13. The highest BCUT2D eigenvalue weighted by molar-refractivity contribution is 5.87. The van der Waals surface area contributed by atoms with Gasteiger partial charge in [-0.1, -0.05) is 20.1 Å². The number of hydrogen-bond donors (Lipinski definition) is 0. The van der Waals surface area contributed by atoms with Crippen LogP contribution in [0, 0.1) is 0 Å². The molecule has 0 aromatic rings. The smallest absolute Gasteiger partial charge is 0.333 e. The quantitative estimate of drug-likeness (QED) is 0.293. The van der Waals surface area contributed by atoms with E-state index in [9.17, 15) is 14.4 Å². The first-order valence-corrected chi connectivity index (χ1v) is 6.02. The Balaban J connectivity index is 4.87. The van der Waals surface area contributed by atoms with Gasteiger partial charge in [-0.05, 0) is 20.3 Å². The van der Waals surface area contributed by atoms with Gasteiger partial charge in [0.15, 0.2) is 0 Å². The van der Waals surface area contributed by atoms with E-state index in [0.29, 0.717) is 6.42 Å². The second-order valence-corrected chi connectivity index (χ2v) is 4.49. The van der Waals surface area contributed by atoms with Crippen molar-refractivity contribution in [1.82, 2.24) is 0 Å². The summed E-state index contributed by atoms with van der Waals surface area (Å²) in [5.41, 5.74) is -0.689. The van der Waals surface area contributed by atoms with Gasteiger partial charge in [0, 0.05) is 11.1 Å². The van der Waals surface area contributed by atoms with Crippen LogP contribution in [-0.2, 0) is 23.9 Å². The average Bonchev–Trinajstić information content (AvgIpc) is 2.40. The zero-order valence-corrected chi connectivity index (χ0v) is 12.0. The molecule has 0 rings (SSSR count). The van der Waals surface area contributed by atoms with E-state index >= 15 is 0 Å². The first-order valence-electron chi connectivity index (χ1n) is 6.02. The maximum absolute atomic E-state index is 11.4. The molecule has 0 aliphatic heterocycles. The Bertz CT molecular complexity index is 430. The highest BCUT2D eigenvalue weighted by Crippen LogP contribution is 2.18. The molecule has 0 N–H and O–H groups in total. The van der Waals surface area contributed by atoms with Crippen LogP contribution in [0.15, 0.2) is 29.3 Å². The number of hydrogen-bond acceptors (Lipinski definition) is 6. The monoisotopic (exact) mass is 281 g/mol. The van der Waals surface area contributed by atoms with E-state index in [1.165, 1.54) is 19.9 Å². The molecule has 0 atom stereocenters. The molecule has 0 radical (unpaired) electrons. The van der Waals surface area contributed by atoms with Crippen molar-refractivity contribution < 1.29 is 23.9 Å². The minimum atomic E-state index is -1.14. The minimum Gasteiger partial charge on any atom is -0.460 e. The highest BCUT2D eigenvalue weighted by atomic mass is 16.5. The number of ether oxygens (including phenoxy) is 2. The first kappa shape index (κ1) is 17.8. The van der Waals surface area contributed by atoms with Crippen LogP contribution in [0.4, 0.5) is 0 Å². The van der Waals surface area contributed by atoms with Gasteiger partial charge >= 0.3 is 11.9 Å². The summed E-state index contributed by atoms with van der Waals surface area (Å²) in [7, 11) is 0. The summed E-state index contributed by atoms with van der Waals surface area (Å²) in [5.74, 6) is -1.20. The van der Waals surface area contributed by atoms with Gasteiger partial charge in [-0.2, -0.15) is 4.99 Å². The largest absolute Gasteiger partial charge is 0.460 e. The Morgan fingerprint density at radius 1 is 1.10 bits per heavy atom. The topological polar surface area (TPSA) is 82.0 Å². The fraction of sp³-hybridized carbons (Fsp3) is 0.500. The number of carbonyl (C=O) groups is 2. The SMILES string of the molecule is C=C(C)C(=O)OCC(CC)(COC(=O)C(=C)C)N=C=O. The number of nitrogens with zero attached hydrogens (tertiary/aromatic N) is 1. The normalized spacial score (nSPS) is 10.2. The maximum atomic E-state index is 11.4. The van der Waals surface area contributed by atoms with E-state index in [0.717, 1.165) is 0 Å². The molecule has 0 saturated carbocycles. The summed E-state index contributed by atoms with van der Waals surface area (Å²) >= 11 is 0. The third-order valence-corrected chi connectivity index (χ3v) is 2.58. The summed E-state index contributed by atoms with van der Waals surface area (Å²) in [6.07, 6.45) is 1.74. The van der Waals surface area contributed by atoms with Gasteiger partial charge < -0.3 is 9.47 Å². The van der Waals surface area contributed by atoms with Gasteiger partial charge in [-0.25, -0.2) is 14.4 Å². The molecular formula is C14H19NO5. The van der Waals surface area contributed by atoms with E-state index in [2.05, 4.69) is 18.2 Å². The van der Waals surface area contributed by atoms with Crippen molar-refractivity contribution in [3.63, 3.8) is 0 Å². The first-order chi connectivity index (χ1) is 9.28. The lowest BCUT2D eigenvalue weighted by molar-refractivity contribution is -0.145. The Kier molecular flexibility index (Phi) is 7.18. The highest BCUT2D eigenvalue weighted by Gasteiger charge is 2.32. The lowest BCUT2D eigenvalue weighted by Crippen LogP contribution is -2.39. The molecule has 0 saturated heterocycles. The van der Waals surface area contributed by atoms with Gasteiger partial charge in [0.1, 0.15) is 18.8 Å². The number of aliphatic imine (C=N–C) groups is 1. The van der Waals surface area contributed by atoms with Crippen LogP contribution in [0.5, 0.6) is 0 Å². The number of rotatable bonds is 8. The van der Waals surface area contributed by atoms with Crippen LogP contribution in [-0.4, -0.2) is 36.8 Å². The lowest BCUT2D eigenvalue weighted by atomic mass is 9.99. The van der Waals surface area contributed by atoms with E-state index in [1.807, 2.05) is 0 Å². The zero-order chi connectivity index (χ0) is 15.8. The van der Waals surface area contributed by atoms with E-state index in [4.69, 9.17) is 9.47 Å². The van der Waals surface area contributed by atoms with Crippen LogP contribution in [0.25, 0.3) is 0 Å². The van der Waals surface area contributed by atoms with Crippen molar-refractivity contribution in [2.24, 2.45) is 4.99 Å². The molecule has 0 amide bonds. The number of esters is 2. The molecule has 0 aromatic heterocycles. The summed E-state index contributed by atoms with van der Waals surface area (Å²) in [6.45, 7) is 11.2. The predicted molar refractivity (Wildman–Crippen MR) is 72.7 cm³/mol. The van der Waals surface area contributed by atoms with Crippen molar-refractivity contribution in [3.05, 3.63) is 24.3 Å². The summed E-state index contributed by atoms with van der Waals surface area (Å²) in [5, 5.41) is 0. The minimum absolute atomic E-state index is 0.200. The predicted octanol–water partition coefficient (Wildman–Crippen LogP) is 1.71. The van der Waals surface area contributed by atoms with Gasteiger partial charge in [-0.3, -0.25) is 0 Å². The van der Waals surface area contributed by atoms with Gasteiger partial charge in [0.05, 0.1) is 0 Å². The summed E-state index contributed by atoms with van der Waals surface area (Å²) < 4.78 is 9.96. The summed E-state index contributed by atoms with van der Waals surface area (Å²) in [4.78, 5) is 36.9. The molecule has 0 unspecified atom stereocenters. The molecule has 0 bridgehead atoms. The molecule has 110 valence electrons. The molecule has 0 heterocycles. The second kappa shape index (κ2) is 8.07. The van der Waals surface area contributed by atoms with Crippen LogP contribution in [0.3, 0.4) is 0 Å². The van der Waals surface area contributed by atoms with E-state index in [1.54, 1.807) is 6.92 Å². The van der Waals surface area contributed by atoms with Crippen LogP contribution < -0.4 is 0 Å². The summed E-state index contributed by atoms with van der Waals surface area (Å²) in [6, 6.07) is 0. The molecule has 0 aromatic carbocycles. The Hall–Kier alpha value is -2.20. The average molecular weight is 281 g/mol. The molecule has 0 fully saturated rings. The molecule has 0 spiro atoms. The van der Waals surface area contributed by atoms with Crippen LogP contribution in [0.1, 0.15) is 27.2 Å². The van der Waals surface area contributed by atoms with Crippen molar-refractivity contribution in [1.29, 1.82) is 0 Å². The molecule has 6 nitrogen and oxygen atoms in total. The van der Waals surface area contributed by atoms with Gasteiger partial charge in [-0.15, -0.1) is 0 Å². The Labute approximate surface area is 118 Å². The van der Waals surface area contributed by atoms with Crippen molar-refractivity contribution in [2.45, 2.75) is 32.7 Å². The zero-order valence-electron chi connectivity index (χ0n) is 12.0. The Morgan fingerprint density at radius 3 is 1.75 bits per heavy atom. The molecular weight excluding hydrogens is 262 g/mol. The fourth-order valence-corrected chi connectivity index (χ4v) is 1.13. The van der Waals surface area contributed by atoms with Crippen molar-refractivity contribution in [2.75, 3.05) is 13.2 Å². The van der Waals surface area contributed by atoms with Crippen molar-refractivity contribution >= 4 is 18.0 Å². The van der Waals surface area contributed by atoms with Crippen LogP contribution in [0.2, 0.25) is 0 Å². The van der Waals surface area contributed by atoms with E-state index < -0.39 is 17.5 Å². The lowest BCUT2D eigenvalue weighted by Gasteiger charge is -2.25. The maximum Gasteiger partial charge on any atom is 0.333 e. The third kappa shape index (κ3) is 5.63. The molecule has 20 heavy (non-hydrogen) atoms. The van der Waals surface area contributed by atoms with Crippen molar-refractivity contribution in [3.8, 4) is 0 Å². The third-order valence-electron chi connectivity index (χ3n) is 2.58. The second-order valence-electron chi connectivity index (χ2n) is 4.49. The number of carbonyl (C=O) groups excluding carboxylic acids is 3.